The topological polar surface area (TPSA) is 119 Å². The standard InChI is InChI=1S/C21H20N6O3S/c1-11(2)16(19-25-17(26-30-19)12-6-8-22-9-7-12)24-18(28)13-4-5-14-15(10-13)23-21(31)27(3)20(14)29/h4-11,16H,1-3H3,(H,23,31)(H,24,28). The predicted molar refractivity (Wildman–Crippen MR) is 117 cm³/mol. The van der Waals surface area contributed by atoms with Gasteiger partial charge >= 0.3 is 0 Å². The molecule has 0 bridgehead atoms. The number of amides is 1. The molecule has 9 nitrogen and oxygen atoms in total. The second kappa shape index (κ2) is 8.23. The Bertz CT molecular complexity index is 1370. The predicted octanol–water partition coefficient (Wildman–Crippen LogP) is 3.17. The van der Waals surface area contributed by atoms with Crippen molar-refractivity contribution < 1.29 is 9.32 Å². The van der Waals surface area contributed by atoms with Gasteiger partial charge in [-0.3, -0.25) is 19.1 Å². The number of hydrogen-bond donors (Lipinski definition) is 2. The zero-order valence-corrected chi connectivity index (χ0v) is 17.9. The molecule has 10 heteroatoms. The highest BCUT2D eigenvalue weighted by Gasteiger charge is 2.25. The summed E-state index contributed by atoms with van der Waals surface area (Å²) >= 11 is 5.16. The van der Waals surface area contributed by atoms with Crippen LogP contribution >= 0.6 is 12.2 Å². The number of rotatable bonds is 5. The Labute approximate surface area is 182 Å². The summed E-state index contributed by atoms with van der Waals surface area (Å²) < 4.78 is 7.07. The van der Waals surface area contributed by atoms with Crippen molar-refractivity contribution in [1.82, 2.24) is 30.0 Å². The number of carbonyl (C=O) groups excluding carboxylic acids is 1. The van der Waals surface area contributed by atoms with Crippen LogP contribution in [0.25, 0.3) is 22.3 Å². The molecule has 158 valence electrons. The fraction of sp³-hybridized carbons (Fsp3) is 0.238. The van der Waals surface area contributed by atoms with Gasteiger partial charge in [0, 0.05) is 30.6 Å². The van der Waals surface area contributed by atoms with Crippen LogP contribution in [0.2, 0.25) is 0 Å². The number of H-pyrrole nitrogens is 1. The van der Waals surface area contributed by atoms with E-state index >= 15 is 0 Å². The highest BCUT2D eigenvalue weighted by atomic mass is 32.1. The largest absolute Gasteiger partial charge is 0.340 e. The van der Waals surface area contributed by atoms with Gasteiger partial charge in [-0.15, -0.1) is 0 Å². The molecule has 1 amide bonds. The van der Waals surface area contributed by atoms with E-state index in [1.54, 1.807) is 49.8 Å². The summed E-state index contributed by atoms with van der Waals surface area (Å²) in [4.78, 5) is 36.7. The van der Waals surface area contributed by atoms with Crippen molar-refractivity contribution in [2.45, 2.75) is 19.9 Å². The lowest BCUT2D eigenvalue weighted by Crippen LogP contribution is -2.32. The number of hydrogen-bond acceptors (Lipinski definition) is 7. The number of nitrogens with zero attached hydrogens (tertiary/aromatic N) is 4. The summed E-state index contributed by atoms with van der Waals surface area (Å²) in [6.45, 7) is 3.89. The normalized spacial score (nSPS) is 12.3. The molecule has 31 heavy (non-hydrogen) atoms. The van der Waals surface area contributed by atoms with Crippen molar-refractivity contribution in [3.8, 4) is 11.4 Å². The summed E-state index contributed by atoms with van der Waals surface area (Å²) in [7, 11) is 1.60. The van der Waals surface area contributed by atoms with E-state index in [1.807, 2.05) is 13.8 Å². The van der Waals surface area contributed by atoms with Crippen LogP contribution in [0.3, 0.4) is 0 Å². The third-order valence-electron chi connectivity index (χ3n) is 4.96. The Hall–Kier alpha value is -3.66. The lowest BCUT2D eigenvalue weighted by molar-refractivity contribution is 0.0914. The second-order valence-electron chi connectivity index (χ2n) is 7.44. The van der Waals surface area contributed by atoms with E-state index < -0.39 is 6.04 Å². The second-order valence-corrected chi connectivity index (χ2v) is 7.83. The maximum absolute atomic E-state index is 13.0. The van der Waals surface area contributed by atoms with Gasteiger partial charge in [0.2, 0.25) is 11.7 Å². The average Bonchev–Trinajstić information content (AvgIpc) is 3.25. The number of nitrogens with one attached hydrogen (secondary N) is 2. The molecule has 2 N–H and O–H groups in total. The molecule has 0 fully saturated rings. The van der Waals surface area contributed by atoms with E-state index in [1.165, 1.54) is 4.57 Å². The lowest BCUT2D eigenvalue weighted by atomic mass is 10.0. The minimum absolute atomic E-state index is 0.00625. The van der Waals surface area contributed by atoms with Gasteiger partial charge in [0.15, 0.2) is 4.77 Å². The van der Waals surface area contributed by atoms with Crippen LogP contribution in [0.15, 0.2) is 52.0 Å². The highest BCUT2D eigenvalue weighted by Crippen LogP contribution is 2.24. The van der Waals surface area contributed by atoms with Gasteiger partial charge in [-0.1, -0.05) is 19.0 Å². The van der Waals surface area contributed by atoms with Gasteiger partial charge in [-0.2, -0.15) is 4.98 Å². The van der Waals surface area contributed by atoms with Gasteiger partial charge in [-0.05, 0) is 48.5 Å². The molecule has 1 aromatic carbocycles. The third-order valence-corrected chi connectivity index (χ3v) is 5.34. The Morgan fingerprint density at radius 3 is 2.68 bits per heavy atom. The fourth-order valence-corrected chi connectivity index (χ4v) is 3.36. The SMILES string of the molecule is CC(C)C(NC(=O)c1ccc2c(=O)n(C)c(=S)[nH]c2c1)c1nc(-c2ccncc2)no1. The molecule has 3 aromatic heterocycles. The highest BCUT2D eigenvalue weighted by molar-refractivity contribution is 7.71. The molecule has 0 aliphatic heterocycles. The molecule has 3 heterocycles. The van der Waals surface area contributed by atoms with Gasteiger partial charge in [-0.25, -0.2) is 0 Å². The van der Waals surface area contributed by atoms with E-state index in [-0.39, 0.29) is 22.2 Å². The molecule has 0 spiro atoms. The van der Waals surface area contributed by atoms with Crippen molar-refractivity contribution in [3.63, 3.8) is 0 Å². The van der Waals surface area contributed by atoms with Crippen LogP contribution in [0.4, 0.5) is 0 Å². The van der Waals surface area contributed by atoms with Crippen molar-refractivity contribution in [2.75, 3.05) is 0 Å². The number of aromatic amines is 1. The average molecular weight is 436 g/mol. The summed E-state index contributed by atoms with van der Waals surface area (Å²) in [5.41, 5.74) is 1.43. The first kappa shape index (κ1) is 20.6. The minimum atomic E-state index is -0.492. The minimum Gasteiger partial charge on any atom is -0.340 e. The molecular formula is C21H20N6O3S. The van der Waals surface area contributed by atoms with Gasteiger partial charge in [0.25, 0.3) is 11.5 Å². The number of benzene rings is 1. The van der Waals surface area contributed by atoms with Gasteiger partial charge in [0.05, 0.1) is 10.9 Å². The molecule has 0 aliphatic rings. The zero-order valence-electron chi connectivity index (χ0n) is 17.1. The maximum Gasteiger partial charge on any atom is 0.261 e. The first-order chi connectivity index (χ1) is 14.8. The first-order valence-corrected chi connectivity index (χ1v) is 10.0. The maximum atomic E-state index is 13.0. The zero-order chi connectivity index (χ0) is 22.1. The van der Waals surface area contributed by atoms with Gasteiger partial charge in [0.1, 0.15) is 6.04 Å². The summed E-state index contributed by atoms with van der Waals surface area (Å²) in [6, 6.07) is 7.88. The number of pyridine rings is 1. The van der Waals surface area contributed by atoms with Gasteiger partial charge < -0.3 is 14.8 Å². The van der Waals surface area contributed by atoms with Crippen molar-refractivity contribution in [1.29, 1.82) is 0 Å². The van der Waals surface area contributed by atoms with Crippen LogP contribution in [0.5, 0.6) is 0 Å². The van der Waals surface area contributed by atoms with Crippen molar-refractivity contribution >= 4 is 29.0 Å². The summed E-state index contributed by atoms with van der Waals surface area (Å²) in [5, 5.41) is 7.42. The fourth-order valence-electron chi connectivity index (χ4n) is 3.17. The molecule has 0 saturated heterocycles. The van der Waals surface area contributed by atoms with Crippen LogP contribution in [-0.4, -0.2) is 30.6 Å². The van der Waals surface area contributed by atoms with E-state index in [9.17, 15) is 9.59 Å². The van der Waals surface area contributed by atoms with Crippen molar-refractivity contribution in [2.24, 2.45) is 13.0 Å². The van der Waals surface area contributed by atoms with Crippen LogP contribution < -0.4 is 10.9 Å². The Morgan fingerprint density at radius 2 is 1.97 bits per heavy atom. The lowest BCUT2D eigenvalue weighted by Gasteiger charge is -2.18. The molecule has 4 rings (SSSR count). The summed E-state index contributed by atoms with van der Waals surface area (Å²) in [5.74, 6) is 0.396. The third kappa shape index (κ3) is 4.02. The molecule has 1 atom stereocenters. The van der Waals surface area contributed by atoms with E-state index in [2.05, 4.69) is 25.4 Å². The smallest absolute Gasteiger partial charge is 0.261 e. The molecule has 1 unspecified atom stereocenters. The van der Waals surface area contributed by atoms with E-state index in [0.717, 1.165) is 5.56 Å². The van der Waals surface area contributed by atoms with E-state index in [4.69, 9.17) is 16.7 Å². The molecule has 0 radical (unpaired) electrons. The van der Waals surface area contributed by atoms with Crippen LogP contribution in [0.1, 0.15) is 36.1 Å². The van der Waals surface area contributed by atoms with Crippen molar-refractivity contribution in [3.05, 3.63) is 69.3 Å². The Morgan fingerprint density at radius 1 is 1.23 bits per heavy atom. The molecule has 4 aromatic rings. The van der Waals surface area contributed by atoms with E-state index in [0.29, 0.717) is 28.2 Å². The Balaban J connectivity index is 1.63. The number of fused-ring (bicyclic) bond motifs is 1. The first-order valence-electron chi connectivity index (χ1n) is 9.63. The monoisotopic (exact) mass is 436 g/mol. The molecule has 0 saturated carbocycles. The number of carbonyl (C=O) groups is 1. The van der Waals surface area contributed by atoms with Crippen LogP contribution in [0, 0.1) is 10.7 Å². The summed E-state index contributed by atoms with van der Waals surface area (Å²) in [6.07, 6.45) is 3.29. The number of aromatic nitrogens is 5. The molecule has 0 aliphatic carbocycles. The quantitative estimate of drug-likeness (QED) is 0.461. The van der Waals surface area contributed by atoms with Crippen LogP contribution in [-0.2, 0) is 7.05 Å². The molecular weight excluding hydrogens is 416 g/mol. The Kier molecular flexibility index (Phi) is 5.47.